The fourth-order valence-corrected chi connectivity index (χ4v) is 3.19. The second-order valence-electron chi connectivity index (χ2n) is 5.75. The normalized spacial score (nSPS) is 25.8. The maximum absolute atomic E-state index is 12.3. The van der Waals surface area contributed by atoms with Gasteiger partial charge in [-0.15, -0.1) is 0 Å². The van der Waals surface area contributed by atoms with Crippen LogP contribution in [-0.2, 0) is 16.0 Å². The molecule has 0 unspecified atom stereocenters. The Morgan fingerprint density at radius 1 is 1.45 bits per heavy atom. The largest absolute Gasteiger partial charge is 0.345 e. The van der Waals surface area contributed by atoms with Crippen molar-refractivity contribution in [3.05, 3.63) is 30.1 Å². The van der Waals surface area contributed by atoms with Crippen LogP contribution in [0.4, 0.5) is 0 Å². The number of fused-ring (bicyclic) bond motifs is 1. The Morgan fingerprint density at radius 2 is 2.30 bits per heavy atom. The smallest absolute Gasteiger partial charge is 0.227 e. The van der Waals surface area contributed by atoms with Gasteiger partial charge in [-0.3, -0.25) is 14.6 Å². The third kappa shape index (κ3) is 2.40. The summed E-state index contributed by atoms with van der Waals surface area (Å²) in [6, 6.07) is 3.75. The molecule has 3 heterocycles. The van der Waals surface area contributed by atoms with Crippen molar-refractivity contribution in [2.24, 2.45) is 11.8 Å². The monoisotopic (exact) mass is 273 g/mol. The number of aromatic nitrogens is 1. The predicted octanol–water partition coefficient (Wildman–Crippen LogP) is 0.561. The molecule has 3 rings (SSSR count). The molecule has 0 N–H and O–H groups in total. The van der Waals surface area contributed by atoms with Crippen molar-refractivity contribution < 1.29 is 9.59 Å². The number of carbonyl (C=O) groups excluding carboxylic acids is 2. The number of hydrogen-bond acceptors (Lipinski definition) is 3. The molecule has 2 amide bonds. The summed E-state index contributed by atoms with van der Waals surface area (Å²) in [4.78, 5) is 32.1. The van der Waals surface area contributed by atoms with Gasteiger partial charge in [0.05, 0.1) is 12.3 Å². The topological polar surface area (TPSA) is 53.5 Å². The first-order valence-corrected chi connectivity index (χ1v) is 7.07. The zero-order valence-corrected chi connectivity index (χ0v) is 11.7. The maximum Gasteiger partial charge on any atom is 0.227 e. The minimum absolute atomic E-state index is 0.00611. The molecule has 2 aliphatic rings. The summed E-state index contributed by atoms with van der Waals surface area (Å²) in [6.07, 6.45) is 4.80. The summed E-state index contributed by atoms with van der Waals surface area (Å²) in [5.41, 5.74) is 0.927. The van der Waals surface area contributed by atoms with Crippen molar-refractivity contribution in [1.29, 1.82) is 0 Å². The lowest BCUT2D eigenvalue weighted by Gasteiger charge is -2.30. The van der Waals surface area contributed by atoms with Crippen LogP contribution in [-0.4, -0.2) is 53.3 Å². The summed E-state index contributed by atoms with van der Waals surface area (Å²) in [7, 11) is 1.85. The molecule has 0 saturated carbocycles. The molecule has 0 bridgehead atoms. The Balaban J connectivity index is 1.65. The van der Waals surface area contributed by atoms with Gasteiger partial charge in [-0.25, -0.2) is 0 Å². The van der Waals surface area contributed by atoms with E-state index in [1.807, 2.05) is 24.1 Å². The molecule has 5 heteroatoms. The van der Waals surface area contributed by atoms with Crippen LogP contribution in [0.25, 0.3) is 0 Å². The summed E-state index contributed by atoms with van der Waals surface area (Å²) < 4.78 is 0. The minimum atomic E-state index is 0.00611. The number of nitrogens with zero attached hydrogens (tertiary/aromatic N) is 3. The second-order valence-corrected chi connectivity index (χ2v) is 5.75. The average Bonchev–Trinajstić information content (AvgIpc) is 2.89. The molecule has 106 valence electrons. The fraction of sp³-hybridized carbons (Fsp3) is 0.533. The number of piperidine rings is 1. The van der Waals surface area contributed by atoms with Crippen LogP contribution < -0.4 is 0 Å². The molecule has 0 spiro atoms. The molecule has 0 radical (unpaired) electrons. The number of amides is 2. The van der Waals surface area contributed by atoms with Crippen molar-refractivity contribution in [2.75, 3.05) is 26.7 Å². The van der Waals surface area contributed by atoms with E-state index in [-0.39, 0.29) is 17.7 Å². The number of hydrogen-bond donors (Lipinski definition) is 0. The first-order valence-electron chi connectivity index (χ1n) is 7.07. The van der Waals surface area contributed by atoms with Crippen LogP contribution in [0.3, 0.4) is 0 Å². The van der Waals surface area contributed by atoms with Crippen molar-refractivity contribution >= 4 is 11.8 Å². The van der Waals surface area contributed by atoms with E-state index in [1.165, 1.54) is 0 Å². The van der Waals surface area contributed by atoms with E-state index in [1.54, 1.807) is 17.3 Å². The zero-order valence-electron chi connectivity index (χ0n) is 11.7. The van der Waals surface area contributed by atoms with Crippen molar-refractivity contribution in [3.63, 3.8) is 0 Å². The molecular weight excluding hydrogens is 254 g/mol. The number of carbonyl (C=O) groups is 2. The minimum Gasteiger partial charge on any atom is -0.345 e. The molecule has 5 nitrogen and oxygen atoms in total. The highest BCUT2D eigenvalue weighted by Crippen LogP contribution is 2.31. The SMILES string of the molecule is CN1CC[C@@H]2CN(C(=O)Cc3cccnc3)C[C@@H]2C1=O. The van der Waals surface area contributed by atoms with Gasteiger partial charge in [-0.1, -0.05) is 6.07 Å². The molecule has 1 aromatic heterocycles. The van der Waals surface area contributed by atoms with Gasteiger partial charge in [0.2, 0.25) is 11.8 Å². The van der Waals surface area contributed by atoms with E-state index in [0.29, 0.717) is 18.9 Å². The Labute approximate surface area is 118 Å². The van der Waals surface area contributed by atoms with Gasteiger partial charge in [0.1, 0.15) is 0 Å². The summed E-state index contributed by atoms with van der Waals surface area (Å²) in [5, 5.41) is 0. The van der Waals surface area contributed by atoms with Gasteiger partial charge < -0.3 is 9.80 Å². The Kier molecular flexibility index (Phi) is 3.42. The van der Waals surface area contributed by atoms with E-state index in [2.05, 4.69) is 4.98 Å². The Bertz CT molecular complexity index is 517. The number of pyridine rings is 1. The lowest BCUT2D eigenvalue weighted by Crippen LogP contribution is -2.42. The quantitative estimate of drug-likeness (QED) is 0.791. The van der Waals surface area contributed by atoms with Crippen LogP contribution in [0.2, 0.25) is 0 Å². The molecule has 2 atom stereocenters. The molecule has 0 aromatic carbocycles. The van der Waals surface area contributed by atoms with Gasteiger partial charge >= 0.3 is 0 Å². The number of rotatable bonds is 2. The first kappa shape index (κ1) is 13.1. The van der Waals surface area contributed by atoms with Gasteiger partial charge in [0, 0.05) is 39.1 Å². The van der Waals surface area contributed by atoms with Crippen molar-refractivity contribution in [1.82, 2.24) is 14.8 Å². The highest BCUT2D eigenvalue weighted by atomic mass is 16.2. The van der Waals surface area contributed by atoms with E-state index in [4.69, 9.17) is 0 Å². The molecular formula is C15H19N3O2. The first-order chi connectivity index (χ1) is 9.65. The lowest BCUT2D eigenvalue weighted by atomic mass is 9.88. The average molecular weight is 273 g/mol. The lowest BCUT2D eigenvalue weighted by molar-refractivity contribution is -0.138. The Morgan fingerprint density at radius 3 is 3.05 bits per heavy atom. The molecule has 2 aliphatic heterocycles. The standard InChI is InChI=1S/C15H19N3O2/c1-17-6-4-12-9-18(10-13(12)15(17)20)14(19)7-11-3-2-5-16-8-11/h2-3,5,8,12-13H,4,6-7,9-10H2,1H3/t12-,13+/m1/s1. The van der Waals surface area contributed by atoms with Crippen LogP contribution in [0.5, 0.6) is 0 Å². The zero-order chi connectivity index (χ0) is 14.1. The number of likely N-dealkylation sites (tertiary alicyclic amines) is 2. The summed E-state index contributed by atoms with van der Waals surface area (Å²) >= 11 is 0. The van der Waals surface area contributed by atoms with E-state index in [0.717, 1.165) is 25.1 Å². The van der Waals surface area contributed by atoms with E-state index in [9.17, 15) is 9.59 Å². The summed E-state index contributed by atoms with van der Waals surface area (Å²) in [5.74, 6) is 0.643. The van der Waals surface area contributed by atoms with Crippen molar-refractivity contribution in [2.45, 2.75) is 12.8 Å². The maximum atomic E-state index is 12.3. The highest BCUT2D eigenvalue weighted by Gasteiger charge is 2.42. The Hall–Kier alpha value is -1.91. The summed E-state index contributed by atoms with van der Waals surface area (Å²) in [6.45, 7) is 2.11. The van der Waals surface area contributed by atoms with Crippen LogP contribution in [0.15, 0.2) is 24.5 Å². The van der Waals surface area contributed by atoms with Crippen LogP contribution >= 0.6 is 0 Å². The van der Waals surface area contributed by atoms with E-state index >= 15 is 0 Å². The predicted molar refractivity (Wildman–Crippen MR) is 73.8 cm³/mol. The van der Waals surface area contributed by atoms with Gasteiger partial charge in [0.15, 0.2) is 0 Å². The third-order valence-corrected chi connectivity index (χ3v) is 4.40. The van der Waals surface area contributed by atoms with E-state index < -0.39 is 0 Å². The molecule has 1 aromatic rings. The van der Waals surface area contributed by atoms with Gasteiger partial charge in [-0.05, 0) is 24.0 Å². The van der Waals surface area contributed by atoms with Crippen LogP contribution in [0.1, 0.15) is 12.0 Å². The van der Waals surface area contributed by atoms with Crippen molar-refractivity contribution in [3.8, 4) is 0 Å². The molecule has 20 heavy (non-hydrogen) atoms. The highest BCUT2D eigenvalue weighted by molar-refractivity contribution is 5.83. The van der Waals surface area contributed by atoms with Gasteiger partial charge in [-0.2, -0.15) is 0 Å². The second kappa shape index (κ2) is 5.23. The van der Waals surface area contributed by atoms with Crippen LogP contribution in [0, 0.1) is 11.8 Å². The molecule has 2 fully saturated rings. The molecule has 2 saturated heterocycles. The fourth-order valence-electron chi connectivity index (χ4n) is 3.19. The molecule has 0 aliphatic carbocycles. The van der Waals surface area contributed by atoms with Gasteiger partial charge in [0.25, 0.3) is 0 Å². The third-order valence-electron chi connectivity index (χ3n) is 4.40.